The molecule has 1 aliphatic carbocycles. The maximum absolute atomic E-state index is 5.92. The molecule has 3 N–H and O–H groups in total. The van der Waals surface area contributed by atoms with E-state index in [0.717, 1.165) is 0 Å². The normalized spacial score (nSPS) is 20.8. The van der Waals surface area contributed by atoms with Crippen LogP contribution in [0.3, 0.4) is 0 Å². The van der Waals surface area contributed by atoms with Gasteiger partial charge in [0.2, 0.25) is 0 Å². The second kappa shape index (κ2) is 7.53. The molecule has 16 heavy (non-hydrogen) atoms. The van der Waals surface area contributed by atoms with Crippen molar-refractivity contribution in [3.8, 4) is 0 Å². The molecule has 0 spiro atoms. The smallest absolute Gasteiger partial charge is 0.189 e. The number of rotatable bonds is 5. The first-order valence-electron chi connectivity index (χ1n) is 6.82. The van der Waals surface area contributed by atoms with E-state index in [1.165, 1.54) is 51.4 Å². The Bertz CT molecular complexity index is 207. The third-order valence-electron chi connectivity index (χ3n) is 3.28. The average Bonchev–Trinajstić information content (AvgIpc) is 2.27. The second-order valence-electron chi connectivity index (χ2n) is 4.99. The molecular weight excluding hydrogens is 198 g/mol. The van der Waals surface area contributed by atoms with E-state index in [2.05, 4.69) is 24.2 Å². The van der Waals surface area contributed by atoms with E-state index in [0.29, 0.717) is 18.0 Å². The fourth-order valence-corrected chi connectivity index (χ4v) is 2.28. The summed E-state index contributed by atoms with van der Waals surface area (Å²) in [6, 6.07) is 0.923. The number of aliphatic imine (C=N–C) groups is 1. The molecule has 0 aromatic rings. The molecule has 0 aromatic heterocycles. The first kappa shape index (κ1) is 13.3. The van der Waals surface area contributed by atoms with Gasteiger partial charge in [0.15, 0.2) is 5.96 Å². The van der Waals surface area contributed by atoms with Crippen molar-refractivity contribution in [2.75, 3.05) is 0 Å². The zero-order chi connectivity index (χ0) is 11.8. The maximum atomic E-state index is 5.92. The second-order valence-corrected chi connectivity index (χ2v) is 4.99. The highest BCUT2D eigenvalue weighted by Gasteiger charge is 2.12. The Morgan fingerprint density at radius 3 is 2.69 bits per heavy atom. The molecule has 1 atom stereocenters. The van der Waals surface area contributed by atoms with Crippen LogP contribution in [0.5, 0.6) is 0 Å². The quantitative estimate of drug-likeness (QED) is 0.558. The lowest BCUT2D eigenvalue weighted by molar-refractivity contribution is 0.440. The summed E-state index contributed by atoms with van der Waals surface area (Å²) in [5, 5.41) is 3.29. The molecule has 1 saturated carbocycles. The van der Waals surface area contributed by atoms with E-state index in [1.54, 1.807) is 0 Å². The molecule has 0 radical (unpaired) electrons. The highest BCUT2D eigenvalue weighted by atomic mass is 15.1. The van der Waals surface area contributed by atoms with Crippen molar-refractivity contribution in [1.29, 1.82) is 0 Å². The van der Waals surface area contributed by atoms with E-state index in [9.17, 15) is 0 Å². The van der Waals surface area contributed by atoms with Crippen LogP contribution in [0.1, 0.15) is 65.2 Å². The molecule has 1 rings (SSSR count). The Morgan fingerprint density at radius 2 is 2.06 bits per heavy atom. The van der Waals surface area contributed by atoms with Crippen LogP contribution in [-0.4, -0.2) is 18.0 Å². The largest absolute Gasteiger partial charge is 0.370 e. The third-order valence-corrected chi connectivity index (χ3v) is 3.28. The number of nitrogens with two attached hydrogens (primary N) is 1. The number of nitrogens with one attached hydrogen (secondary N) is 1. The molecule has 0 heterocycles. The Labute approximate surface area is 99.9 Å². The number of nitrogens with zero attached hydrogens (tertiary/aromatic N) is 1. The van der Waals surface area contributed by atoms with Crippen molar-refractivity contribution in [2.24, 2.45) is 10.7 Å². The van der Waals surface area contributed by atoms with E-state index < -0.39 is 0 Å². The maximum Gasteiger partial charge on any atom is 0.189 e. The first-order chi connectivity index (χ1) is 7.72. The minimum atomic E-state index is 0.451. The monoisotopic (exact) mass is 225 g/mol. The third kappa shape index (κ3) is 5.38. The molecule has 0 bridgehead atoms. The SMILES string of the molecule is CCCCC(C)NC(N)=NC1CCCCC1. The van der Waals surface area contributed by atoms with Gasteiger partial charge in [-0.05, 0) is 26.2 Å². The summed E-state index contributed by atoms with van der Waals surface area (Å²) in [6.07, 6.45) is 10.1. The van der Waals surface area contributed by atoms with Gasteiger partial charge in [-0.2, -0.15) is 0 Å². The van der Waals surface area contributed by atoms with Crippen molar-refractivity contribution in [3.05, 3.63) is 0 Å². The molecule has 1 aliphatic rings. The van der Waals surface area contributed by atoms with Gasteiger partial charge < -0.3 is 11.1 Å². The fourth-order valence-electron chi connectivity index (χ4n) is 2.28. The van der Waals surface area contributed by atoms with Crippen molar-refractivity contribution < 1.29 is 0 Å². The lowest BCUT2D eigenvalue weighted by atomic mass is 9.96. The summed E-state index contributed by atoms with van der Waals surface area (Å²) in [7, 11) is 0. The highest BCUT2D eigenvalue weighted by molar-refractivity contribution is 5.78. The zero-order valence-corrected chi connectivity index (χ0v) is 10.8. The summed E-state index contributed by atoms with van der Waals surface area (Å²) < 4.78 is 0. The Hall–Kier alpha value is -0.730. The molecule has 0 aromatic carbocycles. The van der Waals surface area contributed by atoms with E-state index in [4.69, 9.17) is 5.73 Å². The number of hydrogen-bond acceptors (Lipinski definition) is 1. The molecule has 1 fully saturated rings. The lowest BCUT2D eigenvalue weighted by Crippen LogP contribution is -2.39. The Kier molecular flexibility index (Phi) is 6.27. The van der Waals surface area contributed by atoms with Gasteiger partial charge in [0.25, 0.3) is 0 Å². The molecule has 94 valence electrons. The van der Waals surface area contributed by atoms with Gasteiger partial charge in [0.05, 0.1) is 6.04 Å². The van der Waals surface area contributed by atoms with Gasteiger partial charge >= 0.3 is 0 Å². The van der Waals surface area contributed by atoms with Gasteiger partial charge in [-0.15, -0.1) is 0 Å². The van der Waals surface area contributed by atoms with Crippen LogP contribution in [0.25, 0.3) is 0 Å². The van der Waals surface area contributed by atoms with E-state index in [-0.39, 0.29) is 0 Å². The summed E-state index contributed by atoms with van der Waals surface area (Å²) in [6.45, 7) is 4.39. The number of hydrogen-bond donors (Lipinski definition) is 2. The summed E-state index contributed by atoms with van der Waals surface area (Å²) in [4.78, 5) is 4.57. The van der Waals surface area contributed by atoms with Crippen LogP contribution in [-0.2, 0) is 0 Å². The van der Waals surface area contributed by atoms with Gasteiger partial charge in [-0.25, -0.2) is 0 Å². The van der Waals surface area contributed by atoms with Gasteiger partial charge in [-0.1, -0.05) is 39.0 Å². The molecule has 0 saturated heterocycles. The van der Waals surface area contributed by atoms with Crippen molar-refractivity contribution in [3.63, 3.8) is 0 Å². The predicted molar refractivity (Wildman–Crippen MR) is 70.6 cm³/mol. The van der Waals surface area contributed by atoms with Gasteiger partial charge in [-0.3, -0.25) is 4.99 Å². The Morgan fingerprint density at radius 1 is 1.38 bits per heavy atom. The molecule has 3 nitrogen and oxygen atoms in total. The van der Waals surface area contributed by atoms with Crippen LogP contribution in [0, 0.1) is 0 Å². The summed E-state index contributed by atoms with van der Waals surface area (Å²) in [5.41, 5.74) is 5.92. The lowest BCUT2D eigenvalue weighted by Gasteiger charge is -2.20. The molecule has 1 unspecified atom stereocenters. The molecule has 0 aliphatic heterocycles. The van der Waals surface area contributed by atoms with Crippen molar-refractivity contribution in [1.82, 2.24) is 5.32 Å². The van der Waals surface area contributed by atoms with Crippen LogP contribution < -0.4 is 11.1 Å². The van der Waals surface area contributed by atoms with Crippen molar-refractivity contribution in [2.45, 2.75) is 77.3 Å². The van der Waals surface area contributed by atoms with Gasteiger partial charge in [0, 0.05) is 6.04 Å². The Balaban J connectivity index is 2.26. The standard InChI is InChI=1S/C13H27N3/c1-3-4-8-11(2)15-13(14)16-12-9-6-5-7-10-12/h11-12H,3-10H2,1-2H3,(H3,14,15,16). The minimum Gasteiger partial charge on any atom is -0.370 e. The highest BCUT2D eigenvalue weighted by Crippen LogP contribution is 2.19. The summed E-state index contributed by atoms with van der Waals surface area (Å²) in [5.74, 6) is 0.649. The summed E-state index contributed by atoms with van der Waals surface area (Å²) >= 11 is 0. The van der Waals surface area contributed by atoms with Gasteiger partial charge in [0.1, 0.15) is 0 Å². The predicted octanol–water partition coefficient (Wildman–Crippen LogP) is 2.80. The van der Waals surface area contributed by atoms with Crippen LogP contribution in [0.15, 0.2) is 4.99 Å². The van der Waals surface area contributed by atoms with Crippen LogP contribution in [0.2, 0.25) is 0 Å². The minimum absolute atomic E-state index is 0.451. The van der Waals surface area contributed by atoms with Crippen LogP contribution in [0.4, 0.5) is 0 Å². The average molecular weight is 225 g/mol. The fraction of sp³-hybridized carbons (Fsp3) is 0.923. The number of unbranched alkanes of at least 4 members (excludes halogenated alkanes) is 1. The number of guanidine groups is 1. The molecule has 0 amide bonds. The molecule has 3 heteroatoms. The topological polar surface area (TPSA) is 50.4 Å². The van der Waals surface area contributed by atoms with Crippen LogP contribution >= 0.6 is 0 Å². The first-order valence-corrected chi connectivity index (χ1v) is 6.82. The van der Waals surface area contributed by atoms with E-state index in [1.807, 2.05) is 0 Å². The van der Waals surface area contributed by atoms with E-state index >= 15 is 0 Å². The molecular formula is C13H27N3. The van der Waals surface area contributed by atoms with Crippen molar-refractivity contribution >= 4 is 5.96 Å². The zero-order valence-electron chi connectivity index (χ0n) is 10.8.